The average molecular weight is 215 g/mol. The van der Waals surface area contributed by atoms with Gasteiger partial charge in [0.05, 0.1) is 0 Å². The molecule has 0 spiro atoms. The second-order valence-corrected chi connectivity index (χ2v) is 6.39. The molecule has 1 aromatic rings. The monoisotopic (exact) mass is 215 g/mol. The van der Waals surface area contributed by atoms with E-state index in [0.717, 1.165) is 5.92 Å². The zero-order valence-electron chi connectivity index (χ0n) is 10.7. The summed E-state index contributed by atoms with van der Waals surface area (Å²) in [6.45, 7) is 8.22. The fourth-order valence-corrected chi connectivity index (χ4v) is 3.84. The van der Waals surface area contributed by atoms with E-state index in [2.05, 4.69) is 57.0 Å². The van der Waals surface area contributed by atoms with Crippen molar-refractivity contribution in [3.05, 3.63) is 35.4 Å². The summed E-state index contributed by atoms with van der Waals surface area (Å²) in [6, 6.07) is 9.15. The lowest BCUT2D eigenvalue weighted by Gasteiger charge is -2.26. The molecule has 86 valence electrons. The van der Waals surface area contributed by atoms with Crippen LogP contribution < -0.4 is 0 Å². The van der Waals surface area contributed by atoms with Crippen LogP contribution in [0.1, 0.15) is 31.4 Å². The van der Waals surface area contributed by atoms with E-state index in [1.807, 2.05) is 0 Å². The minimum Gasteiger partial charge on any atom is -0.296 e. The van der Waals surface area contributed by atoms with E-state index in [9.17, 15) is 0 Å². The van der Waals surface area contributed by atoms with Gasteiger partial charge in [-0.05, 0) is 37.3 Å². The number of rotatable bonds is 1. The summed E-state index contributed by atoms with van der Waals surface area (Å²) in [5.74, 6) is 0.854. The fraction of sp³-hybridized carbons (Fsp3) is 0.600. The van der Waals surface area contributed by atoms with Crippen molar-refractivity contribution in [2.24, 2.45) is 11.3 Å². The molecule has 2 fully saturated rings. The summed E-state index contributed by atoms with van der Waals surface area (Å²) in [7, 11) is 2.29. The van der Waals surface area contributed by atoms with E-state index >= 15 is 0 Å². The number of likely N-dealkylation sites (tertiary alicyclic amines) is 1. The van der Waals surface area contributed by atoms with Gasteiger partial charge in [0.15, 0.2) is 0 Å². The molecule has 2 atom stereocenters. The first kappa shape index (κ1) is 10.3. The first-order valence-electron chi connectivity index (χ1n) is 6.25. The van der Waals surface area contributed by atoms with Crippen LogP contribution in [0.15, 0.2) is 24.3 Å². The van der Waals surface area contributed by atoms with Gasteiger partial charge < -0.3 is 0 Å². The Balaban J connectivity index is 2.00. The van der Waals surface area contributed by atoms with E-state index < -0.39 is 0 Å². The van der Waals surface area contributed by atoms with Crippen LogP contribution >= 0.6 is 0 Å². The maximum Gasteiger partial charge on any atom is 0.0496 e. The highest BCUT2D eigenvalue weighted by Crippen LogP contribution is 2.68. The van der Waals surface area contributed by atoms with Gasteiger partial charge in [0.2, 0.25) is 0 Å². The third-order valence-electron chi connectivity index (χ3n) is 4.75. The van der Waals surface area contributed by atoms with Crippen LogP contribution in [0.25, 0.3) is 0 Å². The van der Waals surface area contributed by atoms with Gasteiger partial charge in [0.1, 0.15) is 0 Å². The number of hydrogen-bond acceptors (Lipinski definition) is 1. The smallest absolute Gasteiger partial charge is 0.0496 e. The van der Waals surface area contributed by atoms with Gasteiger partial charge in [-0.15, -0.1) is 0 Å². The van der Waals surface area contributed by atoms with Crippen LogP contribution in [-0.2, 0) is 5.54 Å². The van der Waals surface area contributed by atoms with Gasteiger partial charge in [-0.25, -0.2) is 0 Å². The average Bonchev–Trinajstić information content (AvgIpc) is 2.91. The minimum absolute atomic E-state index is 0.372. The van der Waals surface area contributed by atoms with Gasteiger partial charge in [0, 0.05) is 12.1 Å². The summed E-state index contributed by atoms with van der Waals surface area (Å²) in [4.78, 5) is 2.57. The molecule has 0 unspecified atom stereocenters. The van der Waals surface area contributed by atoms with Crippen LogP contribution in [-0.4, -0.2) is 18.5 Å². The zero-order chi connectivity index (χ0) is 11.6. The molecular formula is C15H21N. The SMILES string of the molecule is Cc1ccc([C@@]23C[C@@H]2C(C)(C)CN3C)cc1. The zero-order valence-corrected chi connectivity index (χ0v) is 10.7. The number of fused-ring (bicyclic) bond motifs is 1. The Labute approximate surface area is 98.5 Å². The van der Waals surface area contributed by atoms with Crippen LogP contribution in [0, 0.1) is 18.3 Å². The number of piperidine rings is 1. The van der Waals surface area contributed by atoms with Crippen molar-refractivity contribution in [2.75, 3.05) is 13.6 Å². The Morgan fingerprint density at radius 3 is 2.25 bits per heavy atom. The number of aryl methyl sites for hydroxylation is 1. The molecule has 1 nitrogen and oxygen atoms in total. The van der Waals surface area contributed by atoms with Gasteiger partial charge in [0.25, 0.3) is 0 Å². The minimum atomic E-state index is 0.372. The van der Waals surface area contributed by atoms with E-state index in [-0.39, 0.29) is 0 Å². The molecule has 3 rings (SSSR count). The van der Waals surface area contributed by atoms with Crippen molar-refractivity contribution >= 4 is 0 Å². The molecule has 2 aliphatic rings. The van der Waals surface area contributed by atoms with Crippen molar-refractivity contribution in [1.82, 2.24) is 4.90 Å². The molecule has 0 aromatic heterocycles. The Hall–Kier alpha value is -0.820. The van der Waals surface area contributed by atoms with Crippen molar-refractivity contribution in [3.8, 4) is 0 Å². The molecule has 1 aromatic carbocycles. The highest BCUT2D eigenvalue weighted by atomic mass is 15.3. The van der Waals surface area contributed by atoms with Crippen molar-refractivity contribution in [3.63, 3.8) is 0 Å². The van der Waals surface area contributed by atoms with Crippen molar-refractivity contribution in [2.45, 2.75) is 32.7 Å². The number of benzene rings is 1. The van der Waals surface area contributed by atoms with Gasteiger partial charge in [-0.1, -0.05) is 43.7 Å². The highest BCUT2D eigenvalue weighted by Gasteiger charge is 2.68. The molecule has 1 heterocycles. The van der Waals surface area contributed by atoms with E-state index in [1.165, 1.54) is 24.1 Å². The second-order valence-electron chi connectivity index (χ2n) is 6.39. The topological polar surface area (TPSA) is 3.24 Å². The second kappa shape index (κ2) is 2.89. The predicted octanol–water partition coefficient (Wildman–Crippen LogP) is 3.18. The predicted molar refractivity (Wildman–Crippen MR) is 67.4 cm³/mol. The molecule has 0 amide bonds. The van der Waals surface area contributed by atoms with Gasteiger partial charge in [-0.2, -0.15) is 0 Å². The first-order valence-corrected chi connectivity index (χ1v) is 6.25. The molecule has 1 aliphatic heterocycles. The Kier molecular flexibility index (Phi) is 1.87. The molecule has 16 heavy (non-hydrogen) atoms. The third-order valence-corrected chi connectivity index (χ3v) is 4.75. The molecule has 1 saturated carbocycles. The van der Waals surface area contributed by atoms with Crippen LogP contribution in [0.5, 0.6) is 0 Å². The molecule has 0 bridgehead atoms. The summed E-state index contributed by atoms with van der Waals surface area (Å²) >= 11 is 0. The molecule has 1 aliphatic carbocycles. The van der Waals surface area contributed by atoms with Gasteiger partial charge >= 0.3 is 0 Å². The van der Waals surface area contributed by atoms with Crippen molar-refractivity contribution in [1.29, 1.82) is 0 Å². The maximum atomic E-state index is 2.57. The summed E-state index contributed by atoms with van der Waals surface area (Å²) < 4.78 is 0. The quantitative estimate of drug-likeness (QED) is 0.695. The summed E-state index contributed by atoms with van der Waals surface area (Å²) in [5.41, 5.74) is 3.74. The Morgan fingerprint density at radius 1 is 1.19 bits per heavy atom. The highest BCUT2D eigenvalue weighted by molar-refractivity contribution is 5.38. The maximum absolute atomic E-state index is 2.57. The Bertz CT molecular complexity index is 418. The number of nitrogens with zero attached hydrogens (tertiary/aromatic N) is 1. The van der Waals surface area contributed by atoms with Crippen LogP contribution in [0.4, 0.5) is 0 Å². The largest absolute Gasteiger partial charge is 0.296 e. The van der Waals surface area contributed by atoms with Crippen LogP contribution in [0.3, 0.4) is 0 Å². The third kappa shape index (κ3) is 1.15. The lowest BCUT2D eigenvalue weighted by Crippen LogP contribution is -2.30. The van der Waals surface area contributed by atoms with Gasteiger partial charge in [-0.3, -0.25) is 4.90 Å². The molecule has 0 N–H and O–H groups in total. The fourth-order valence-electron chi connectivity index (χ4n) is 3.84. The standard InChI is InChI=1S/C15H21N/c1-11-5-7-12(8-6-11)15-9-13(15)14(2,3)10-16(15)4/h5-8,13H,9-10H2,1-4H3/t13-,15+/m1/s1. The lowest BCUT2D eigenvalue weighted by molar-refractivity contribution is 0.228. The molecule has 0 radical (unpaired) electrons. The van der Waals surface area contributed by atoms with Crippen molar-refractivity contribution < 1.29 is 0 Å². The lowest BCUT2D eigenvalue weighted by atomic mass is 9.87. The summed E-state index contributed by atoms with van der Waals surface area (Å²) in [6.07, 6.45) is 1.35. The molecule has 1 heteroatoms. The Morgan fingerprint density at radius 2 is 1.81 bits per heavy atom. The summed E-state index contributed by atoms with van der Waals surface area (Å²) in [5, 5.41) is 0. The van der Waals surface area contributed by atoms with E-state index in [4.69, 9.17) is 0 Å². The van der Waals surface area contributed by atoms with Crippen LogP contribution in [0.2, 0.25) is 0 Å². The first-order chi connectivity index (χ1) is 7.47. The van der Waals surface area contributed by atoms with E-state index in [0.29, 0.717) is 11.0 Å². The molecule has 1 saturated heterocycles. The molecular weight excluding hydrogens is 194 g/mol. The normalized spacial score (nSPS) is 36.1. The number of hydrogen-bond donors (Lipinski definition) is 0. The van der Waals surface area contributed by atoms with E-state index in [1.54, 1.807) is 0 Å².